The van der Waals surface area contributed by atoms with Crippen molar-refractivity contribution in [2.45, 2.75) is 110 Å². The zero-order valence-corrected chi connectivity index (χ0v) is 19.3. The van der Waals surface area contributed by atoms with Gasteiger partial charge in [-0.15, -0.1) is 0 Å². The molecule has 0 N–H and O–H groups in total. The third-order valence-corrected chi connectivity index (χ3v) is 11.8. The van der Waals surface area contributed by atoms with Crippen LogP contribution in [-0.2, 0) is 23.7 Å². The van der Waals surface area contributed by atoms with E-state index in [4.69, 9.17) is 18.9 Å². The third kappa shape index (κ3) is 1.96. The molecule has 0 aromatic heterocycles. The predicted molar refractivity (Wildman–Crippen MR) is 111 cm³/mol. The average molecular weight is 419 g/mol. The monoisotopic (exact) mass is 418 g/mol. The van der Waals surface area contributed by atoms with Gasteiger partial charge in [0.1, 0.15) is 11.7 Å². The van der Waals surface area contributed by atoms with Gasteiger partial charge in [0.2, 0.25) is 0 Å². The second-order valence-corrected chi connectivity index (χ2v) is 12.2. The number of hydrogen-bond donors (Lipinski definition) is 0. The molecule has 2 aliphatic heterocycles. The van der Waals surface area contributed by atoms with Crippen molar-refractivity contribution in [3.8, 4) is 0 Å². The quantitative estimate of drug-likeness (QED) is 0.460. The summed E-state index contributed by atoms with van der Waals surface area (Å²) in [4.78, 5) is 11.6. The van der Waals surface area contributed by atoms with E-state index < -0.39 is 0 Å². The molecule has 0 bridgehead atoms. The van der Waals surface area contributed by atoms with Crippen molar-refractivity contribution < 1.29 is 23.7 Å². The molecule has 0 radical (unpaired) electrons. The summed E-state index contributed by atoms with van der Waals surface area (Å²) >= 11 is 0. The van der Waals surface area contributed by atoms with Crippen LogP contribution in [-0.4, -0.2) is 42.8 Å². The molecule has 6 fully saturated rings. The van der Waals surface area contributed by atoms with E-state index >= 15 is 0 Å². The van der Waals surface area contributed by atoms with Gasteiger partial charge < -0.3 is 18.9 Å². The van der Waals surface area contributed by atoms with Crippen LogP contribution in [0.5, 0.6) is 0 Å². The summed E-state index contributed by atoms with van der Waals surface area (Å²) in [6, 6.07) is 0. The summed E-state index contributed by atoms with van der Waals surface area (Å²) in [5.41, 5.74) is 0.498. The number of epoxide rings is 1. The van der Waals surface area contributed by atoms with Crippen LogP contribution in [0.25, 0.3) is 0 Å². The summed E-state index contributed by atoms with van der Waals surface area (Å²) in [7, 11) is 0. The molecule has 1 unspecified atom stereocenters. The Morgan fingerprint density at radius 1 is 0.900 bits per heavy atom. The van der Waals surface area contributed by atoms with Crippen LogP contribution in [0.2, 0.25) is 0 Å². The Morgan fingerprint density at radius 3 is 2.27 bits per heavy atom. The first-order chi connectivity index (χ1) is 14.1. The fraction of sp³-hybridized carbons (Fsp3) is 0.960. The Hall–Kier alpha value is -0.650. The van der Waals surface area contributed by atoms with E-state index in [9.17, 15) is 4.79 Å². The summed E-state index contributed by atoms with van der Waals surface area (Å²) in [5.74, 6) is 0.0633. The lowest BCUT2D eigenvalue weighted by Gasteiger charge is -2.68. The molecule has 168 valence electrons. The van der Waals surface area contributed by atoms with Crippen LogP contribution in [0.15, 0.2) is 0 Å². The van der Waals surface area contributed by atoms with Crippen molar-refractivity contribution in [1.29, 1.82) is 0 Å². The summed E-state index contributed by atoms with van der Waals surface area (Å²) in [6.07, 6.45) is 8.91. The molecule has 0 aromatic rings. The predicted octanol–water partition coefficient (Wildman–Crippen LogP) is 4.62. The number of esters is 1. The molecule has 6 aliphatic rings. The molecule has 2 saturated heterocycles. The van der Waals surface area contributed by atoms with Gasteiger partial charge >= 0.3 is 5.97 Å². The van der Waals surface area contributed by atoms with Crippen LogP contribution in [0, 0.1) is 27.6 Å². The molecule has 5 nitrogen and oxygen atoms in total. The lowest BCUT2D eigenvalue weighted by Crippen LogP contribution is -2.68. The van der Waals surface area contributed by atoms with Crippen LogP contribution in [0.3, 0.4) is 0 Å². The van der Waals surface area contributed by atoms with E-state index in [1.165, 1.54) is 19.8 Å². The molecule has 0 amide bonds. The maximum absolute atomic E-state index is 11.6. The van der Waals surface area contributed by atoms with Crippen molar-refractivity contribution in [3.63, 3.8) is 0 Å². The topological polar surface area (TPSA) is 57.3 Å². The number of fused-ring (bicyclic) bond motifs is 5. The zero-order chi connectivity index (χ0) is 21.2. The molecule has 4 aliphatic carbocycles. The van der Waals surface area contributed by atoms with Crippen molar-refractivity contribution in [2.24, 2.45) is 27.6 Å². The molecule has 6 rings (SSSR count). The smallest absolute Gasteiger partial charge is 0.302 e. The number of carbonyl (C=O) groups excluding carboxylic acids is 1. The Bertz CT molecular complexity index is 790. The Balaban J connectivity index is 1.38. The molecule has 8 atom stereocenters. The molecule has 2 spiro atoms. The first-order valence-corrected chi connectivity index (χ1v) is 12.2. The highest BCUT2D eigenvalue weighted by Crippen LogP contribution is 2.82. The van der Waals surface area contributed by atoms with Gasteiger partial charge in [0.05, 0.1) is 19.3 Å². The molecule has 30 heavy (non-hydrogen) atoms. The maximum Gasteiger partial charge on any atom is 0.302 e. The van der Waals surface area contributed by atoms with Crippen LogP contribution in [0.4, 0.5) is 0 Å². The molecule has 5 heteroatoms. The van der Waals surface area contributed by atoms with Gasteiger partial charge in [-0.05, 0) is 55.3 Å². The highest BCUT2D eigenvalue weighted by molar-refractivity contribution is 5.66. The largest absolute Gasteiger partial charge is 0.462 e. The Morgan fingerprint density at radius 2 is 1.57 bits per heavy atom. The van der Waals surface area contributed by atoms with Crippen molar-refractivity contribution in [1.82, 2.24) is 0 Å². The van der Waals surface area contributed by atoms with Gasteiger partial charge in [-0.25, -0.2) is 0 Å². The summed E-state index contributed by atoms with van der Waals surface area (Å²) < 4.78 is 25.0. The second kappa shape index (κ2) is 5.63. The molecule has 4 saturated carbocycles. The number of rotatable bonds is 1. The fourth-order valence-corrected chi connectivity index (χ4v) is 9.70. The highest BCUT2D eigenvalue weighted by atomic mass is 16.7. The van der Waals surface area contributed by atoms with Gasteiger partial charge in [-0.2, -0.15) is 0 Å². The van der Waals surface area contributed by atoms with Crippen molar-refractivity contribution >= 4 is 5.97 Å². The lowest BCUT2D eigenvalue weighted by atomic mass is 9.35. The van der Waals surface area contributed by atoms with Gasteiger partial charge in [0, 0.05) is 30.6 Å². The summed E-state index contributed by atoms with van der Waals surface area (Å²) in [6.45, 7) is 13.1. The van der Waals surface area contributed by atoms with Gasteiger partial charge in [0.25, 0.3) is 0 Å². The van der Waals surface area contributed by atoms with E-state index in [2.05, 4.69) is 27.7 Å². The zero-order valence-electron chi connectivity index (χ0n) is 19.3. The second-order valence-electron chi connectivity index (χ2n) is 12.2. The minimum absolute atomic E-state index is 0.0141. The standard InChI is InChI=1S/C25H38O5/c1-16(26)29-17-6-7-22(4)20(2)8-10-23(5)21(3,9-11-25(23)27-12-13-28-25)18(20)14-19-24(22,15-17)30-19/h17-19H,6-15H2,1-5H3/t17-,18?,19+,20-,21-,22+,23-,24+/m0/s1. The normalized spacial score (nSPS) is 57.8. The van der Waals surface area contributed by atoms with Crippen molar-refractivity contribution in [2.75, 3.05) is 13.2 Å². The number of ether oxygens (including phenoxy) is 4. The Labute approximate surface area is 180 Å². The molecular weight excluding hydrogens is 380 g/mol. The minimum Gasteiger partial charge on any atom is -0.462 e. The fourth-order valence-electron chi connectivity index (χ4n) is 9.70. The van der Waals surface area contributed by atoms with Crippen molar-refractivity contribution in [3.05, 3.63) is 0 Å². The van der Waals surface area contributed by atoms with Gasteiger partial charge in [-0.3, -0.25) is 4.79 Å². The van der Waals surface area contributed by atoms with Gasteiger partial charge in [-0.1, -0.05) is 27.7 Å². The number of hydrogen-bond acceptors (Lipinski definition) is 5. The first kappa shape index (κ1) is 20.0. The van der Waals surface area contributed by atoms with E-state index in [0.717, 1.165) is 51.7 Å². The van der Waals surface area contributed by atoms with E-state index in [-0.39, 0.29) is 45.1 Å². The minimum atomic E-state index is -0.379. The van der Waals surface area contributed by atoms with E-state index in [0.29, 0.717) is 12.0 Å². The summed E-state index contributed by atoms with van der Waals surface area (Å²) in [5, 5.41) is 0. The van der Waals surface area contributed by atoms with Gasteiger partial charge in [0.15, 0.2) is 5.79 Å². The molecular formula is C25H38O5. The molecule has 2 heterocycles. The third-order valence-electron chi connectivity index (χ3n) is 11.8. The lowest BCUT2D eigenvalue weighted by molar-refractivity contribution is -0.280. The average Bonchev–Trinajstić information content (AvgIpc) is 3.06. The SMILES string of the molecule is CC(=O)O[C@H]1CC[C@]2(C)[C@@]3(C)CC[C@]4(C)C5(CC[C@@]4(C)C3C[C@H]3O[C@]32C1)OCCO5. The Kier molecular flexibility index (Phi) is 3.75. The van der Waals surface area contributed by atoms with E-state index in [1.807, 2.05) is 0 Å². The number of carbonyl (C=O) groups is 1. The van der Waals surface area contributed by atoms with Crippen LogP contribution < -0.4 is 0 Å². The molecule has 0 aromatic carbocycles. The van der Waals surface area contributed by atoms with Crippen LogP contribution in [0.1, 0.15) is 86.0 Å². The maximum atomic E-state index is 11.6. The first-order valence-electron chi connectivity index (χ1n) is 12.2. The highest BCUT2D eigenvalue weighted by Gasteiger charge is 2.83. The van der Waals surface area contributed by atoms with E-state index in [1.54, 1.807) is 0 Å². The van der Waals surface area contributed by atoms with Crippen LogP contribution >= 0.6 is 0 Å².